The zero-order chi connectivity index (χ0) is 18.2. The average Bonchev–Trinajstić information content (AvgIpc) is 3.01. The molecule has 0 aliphatic carbocycles. The van der Waals surface area contributed by atoms with E-state index in [0.717, 1.165) is 21.6 Å². The van der Waals surface area contributed by atoms with E-state index < -0.39 is 0 Å². The van der Waals surface area contributed by atoms with Crippen molar-refractivity contribution >= 4 is 39.8 Å². The Bertz CT molecular complexity index is 706. The summed E-state index contributed by atoms with van der Waals surface area (Å²) < 4.78 is 5.73. The Morgan fingerprint density at radius 3 is 2.84 bits per heavy atom. The second-order valence-electron chi connectivity index (χ2n) is 5.69. The van der Waals surface area contributed by atoms with Gasteiger partial charge in [-0.05, 0) is 50.5 Å². The molecule has 0 fully saturated rings. The predicted molar refractivity (Wildman–Crippen MR) is 104 cm³/mol. The third kappa shape index (κ3) is 6.30. The van der Waals surface area contributed by atoms with Crippen molar-refractivity contribution in [3.8, 4) is 0 Å². The molecule has 2 rings (SSSR count). The number of carbonyl (C=O) groups excluding carboxylic acids is 1. The van der Waals surface area contributed by atoms with Gasteiger partial charge in [0.2, 0.25) is 11.0 Å². The molecule has 1 atom stereocenters. The van der Waals surface area contributed by atoms with E-state index in [2.05, 4.69) is 46.8 Å². The number of thioether (sulfide) groups is 1. The summed E-state index contributed by atoms with van der Waals surface area (Å²) in [7, 11) is 1.65. The van der Waals surface area contributed by atoms with Crippen molar-refractivity contribution < 1.29 is 9.53 Å². The van der Waals surface area contributed by atoms with Gasteiger partial charge >= 0.3 is 0 Å². The standard InChI is InChI=1S/C17H24N4O2S2/c1-11-6-7-14(10-12(11)2)19-16-20-21-17(25-16)24-13(3)15(22)18-8-5-9-23-4/h6-7,10,13H,5,8-9H2,1-4H3,(H,18,22)(H,19,20). The number of aromatic nitrogens is 2. The number of hydrogen-bond acceptors (Lipinski definition) is 7. The number of amides is 1. The Kier molecular flexibility index (Phi) is 7.67. The van der Waals surface area contributed by atoms with Crippen molar-refractivity contribution in [3.63, 3.8) is 0 Å². The Hall–Kier alpha value is -1.64. The molecule has 2 N–H and O–H groups in total. The van der Waals surface area contributed by atoms with Gasteiger partial charge in [0.05, 0.1) is 5.25 Å². The third-order valence-electron chi connectivity index (χ3n) is 3.64. The molecule has 0 saturated heterocycles. The summed E-state index contributed by atoms with van der Waals surface area (Å²) in [5.74, 6) is -0.0000263. The number of benzene rings is 1. The predicted octanol–water partition coefficient (Wildman–Crippen LogP) is 3.53. The number of anilines is 2. The first-order valence-electron chi connectivity index (χ1n) is 8.10. The molecule has 0 saturated carbocycles. The molecule has 1 aromatic heterocycles. The molecule has 6 nitrogen and oxygen atoms in total. The van der Waals surface area contributed by atoms with E-state index >= 15 is 0 Å². The van der Waals surface area contributed by atoms with E-state index in [1.807, 2.05) is 13.0 Å². The van der Waals surface area contributed by atoms with Crippen LogP contribution in [0.5, 0.6) is 0 Å². The number of nitrogens with one attached hydrogen (secondary N) is 2. The highest BCUT2D eigenvalue weighted by molar-refractivity contribution is 8.02. The van der Waals surface area contributed by atoms with E-state index in [9.17, 15) is 4.79 Å². The summed E-state index contributed by atoms with van der Waals surface area (Å²) in [5, 5.41) is 15.0. The molecule has 1 amide bonds. The van der Waals surface area contributed by atoms with Crippen molar-refractivity contribution in [2.24, 2.45) is 0 Å². The maximum absolute atomic E-state index is 12.0. The van der Waals surface area contributed by atoms with Crippen LogP contribution in [0.3, 0.4) is 0 Å². The fourth-order valence-corrected chi connectivity index (χ4v) is 3.97. The van der Waals surface area contributed by atoms with Crippen LogP contribution in [0.15, 0.2) is 22.5 Å². The molecule has 1 heterocycles. The lowest BCUT2D eigenvalue weighted by Crippen LogP contribution is -2.32. The maximum Gasteiger partial charge on any atom is 0.233 e. The van der Waals surface area contributed by atoms with Crippen molar-refractivity contribution in [2.45, 2.75) is 36.8 Å². The Morgan fingerprint density at radius 1 is 1.32 bits per heavy atom. The highest BCUT2D eigenvalue weighted by Gasteiger charge is 2.16. The number of hydrogen-bond donors (Lipinski definition) is 2. The minimum absolute atomic E-state index is 0.0000263. The average molecular weight is 381 g/mol. The smallest absolute Gasteiger partial charge is 0.233 e. The number of carbonyl (C=O) groups is 1. The van der Waals surface area contributed by atoms with Gasteiger partial charge in [-0.15, -0.1) is 10.2 Å². The van der Waals surface area contributed by atoms with Crippen LogP contribution in [-0.2, 0) is 9.53 Å². The first-order valence-corrected chi connectivity index (χ1v) is 9.80. The van der Waals surface area contributed by atoms with Gasteiger partial charge in [-0.1, -0.05) is 29.2 Å². The summed E-state index contributed by atoms with van der Waals surface area (Å²) in [6.45, 7) is 7.29. The van der Waals surface area contributed by atoms with Crippen LogP contribution in [0.1, 0.15) is 24.5 Å². The molecule has 136 valence electrons. The molecular formula is C17H24N4O2S2. The molecular weight excluding hydrogens is 356 g/mol. The number of ether oxygens (including phenoxy) is 1. The zero-order valence-corrected chi connectivity index (χ0v) is 16.6. The molecule has 0 radical (unpaired) electrons. The Labute approximate surface area is 156 Å². The van der Waals surface area contributed by atoms with Crippen LogP contribution in [0, 0.1) is 13.8 Å². The number of methoxy groups -OCH3 is 1. The van der Waals surface area contributed by atoms with Crippen molar-refractivity contribution in [1.29, 1.82) is 0 Å². The minimum Gasteiger partial charge on any atom is -0.385 e. The van der Waals surface area contributed by atoms with Crippen molar-refractivity contribution in [1.82, 2.24) is 15.5 Å². The Morgan fingerprint density at radius 2 is 2.12 bits per heavy atom. The van der Waals surface area contributed by atoms with Crippen molar-refractivity contribution in [2.75, 3.05) is 25.6 Å². The summed E-state index contributed by atoms with van der Waals surface area (Å²) in [6.07, 6.45) is 0.808. The molecule has 2 aromatic rings. The lowest BCUT2D eigenvalue weighted by molar-refractivity contribution is -0.120. The van der Waals surface area contributed by atoms with E-state index in [0.29, 0.717) is 13.2 Å². The summed E-state index contributed by atoms with van der Waals surface area (Å²) >= 11 is 2.86. The second kappa shape index (κ2) is 9.74. The van der Waals surface area contributed by atoms with Crippen LogP contribution in [0.2, 0.25) is 0 Å². The highest BCUT2D eigenvalue weighted by atomic mass is 32.2. The zero-order valence-electron chi connectivity index (χ0n) is 15.0. The molecule has 0 bridgehead atoms. The van der Waals surface area contributed by atoms with Crippen molar-refractivity contribution in [3.05, 3.63) is 29.3 Å². The number of rotatable bonds is 9. The highest BCUT2D eigenvalue weighted by Crippen LogP contribution is 2.30. The van der Waals surface area contributed by atoms with Gasteiger partial charge in [-0.25, -0.2) is 0 Å². The SMILES string of the molecule is COCCCNC(=O)C(C)Sc1nnc(Nc2ccc(C)c(C)c2)s1. The normalized spacial score (nSPS) is 12.0. The van der Waals surface area contributed by atoms with Gasteiger partial charge < -0.3 is 15.4 Å². The van der Waals surface area contributed by atoms with Gasteiger partial charge in [-0.2, -0.15) is 0 Å². The number of aryl methyl sites for hydroxylation is 2. The topological polar surface area (TPSA) is 76.1 Å². The molecule has 25 heavy (non-hydrogen) atoms. The first kappa shape index (κ1) is 19.7. The third-order valence-corrected chi connectivity index (χ3v) is 5.66. The van der Waals surface area contributed by atoms with Crippen LogP contribution in [0.25, 0.3) is 0 Å². The number of nitrogens with zero attached hydrogens (tertiary/aromatic N) is 2. The molecule has 0 aliphatic heterocycles. The van der Waals surface area contributed by atoms with Gasteiger partial charge in [0.15, 0.2) is 4.34 Å². The fourth-order valence-electron chi connectivity index (χ4n) is 2.03. The van der Waals surface area contributed by atoms with E-state index in [-0.39, 0.29) is 11.2 Å². The van der Waals surface area contributed by atoms with Gasteiger partial charge in [-0.3, -0.25) is 4.79 Å². The minimum atomic E-state index is -0.218. The van der Waals surface area contributed by atoms with E-state index in [1.54, 1.807) is 7.11 Å². The summed E-state index contributed by atoms with van der Waals surface area (Å²) in [5.41, 5.74) is 3.46. The lowest BCUT2D eigenvalue weighted by Gasteiger charge is -2.09. The quantitative estimate of drug-likeness (QED) is 0.512. The molecule has 0 spiro atoms. The van der Waals surface area contributed by atoms with Gasteiger partial charge in [0.1, 0.15) is 0 Å². The van der Waals surface area contributed by atoms with E-state index in [4.69, 9.17) is 4.74 Å². The molecule has 1 aromatic carbocycles. The first-order chi connectivity index (χ1) is 12.0. The summed E-state index contributed by atoms with van der Waals surface area (Å²) in [6, 6.07) is 6.18. The van der Waals surface area contributed by atoms with Crippen LogP contribution in [0.4, 0.5) is 10.8 Å². The van der Waals surface area contributed by atoms with Gasteiger partial charge in [0.25, 0.3) is 0 Å². The second-order valence-corrected chi connectivity index (χ2v) is 8.26. The maximum atomic E-state index is 12.0. The summed E-state index contributed by atoms with van der Waals surface area (Å²) in [4.78, 5) is 12.0. The van der Waals surface area contributed by atoms with Crippen LogP contribution in [-0.4, -0.2) is 41.6 Å². The monoisotopic (exact) mass is 380 g/mol. The van der Waals surface area contributed by atoms with Crippen LogP contribution < -0.4 is 10.6 Å². The fraction of sp³-hybridized carbons (Fsp3) is 0.471. The largest absolute Gasteiger partial charge is 0.385 e. The molecule has 1 unspecified atom stereocenters. The Balaban J connectivity index is 1.85. The molecule has 8 heteroatoms. The van der Waals surface area contributed by atoms with E-state index in [1.165, 1.54) is 34.2 Å². The molecule has 0 aliphatic rings. The van der Waals surface area contributed by atoms with Gasteiger partial charge in [0, 0.05) is 25.9 Å². The van der Waals surface area contributed by atoms with Crippen LogP contribution >= 0.6 is 23.1 Å². The lowest BCUT2D eigenvalue weighted by atomic mass is 10.1.